The Labute approximate surface area is 162 Å². The fourth-order valence-corrected chi connectivity index (χ4v) is 3.33. The van der Waals surface area contributed by atoms with Crippen LogP contribution in [0.4, 0.5) is 4.39 Å². The topological polar surface area (TPSA) is 49.7 Å². The molecule has 1 aromatic heterocycles. The van der Waals surface area contributed by atoms with E-state index in [-0.39, 0.29) is 24.9 Å². The summed E-state index contributed by atoms with van der Waals surface area (Å²) in [6.45, 7) is 4.48. The summed E-state index contributed by atoms with van der Waals surface area (Å²) in [5.74, 6) is 0.877. The molecule has 0 radical (unpaired) electrons. The number of carbonyl (C=O) groups is 1. The summed E-state index contributed by atoms with van der Waals surface area (Å²) in [5, 5.41) is 0. The number of Topliss-reactive ketones (excluding diaryl/α,β-unsaturated/α-hetero) is 1. The molecule has 4 rings (SSSR count). The molecule has 0 bridgehead atoms. The third kappa shape index (κ3) is 3.45. The van der Waals surface area contributed by atoms with Crippen molar-refractivity contribution in [2.45, 2.75) is 20.4 Å². The number of aryl methyl sites for hydroxylation is 1. The molecule has 6 heteroatoms. The minimum atomic E-state index is -0.483. The summed E-state index contributed by atoms with van der Waals surface area (Å²) in [7, 11) is 0. The van der Waals surface area contributed by atoms with E-state index in [0.29, 0.717) is 12.1 Å². The lowest BCUT2D eigenvalue weighted by Gasteiger charge is -2.11. The predicted octanol–water partition coefficient (Wildman–Crippen LogP) is 4.28. The third-order valence-electron chi connectivity index (χ3n) is 4.85. The highest BCUT2D eigenvalue weighted by molar-refractivity contribution is 5.98. The van der Waals surface area contributed by atoms with Crippen molar-refractivity contribution in [2.24, 2.45) is 0 Å². The highest BCUT2D eigenvalue weighted by atomic mass is 19.1. The summed E-state index contributed by atoms with van der Waals surface area (Å²) in [6, 6.07) is 13.7. The highest BCUT2D eigenvalue weighted by Gasteiger charge is 2.18. The van der Waals surface area contributed by atoms with Gasteiger partial charge in [-0.15, -0.1) is 0 Å². The van der Waals surface area contributed by atoms with Crippen LogP contribution in [0.15, 0.2) is 48.5 Å². The Morgan fingerprint density at radius 3 is 2.71 bits per heavy atom. The van der Waals surface area contributed by atoms with Crippen molar-refractivity contribution in [3.63, 3.8) is 0 Å². The zero-order valence-corrected chi connectivity index (χ0v) is 15.7. The number of ether oxygens (including phenoxy) is 3. The Morgan fingerprint density at radius 1 is 1.11 bits per heavy atom. The largest absolute Gasteiger partial charge is 0.482 e. The van der Waals surface area contributed by atoms with Crippen molar-refractivity contribution in [3.05, 3.63) is 76.9 Å². The molecule has 3 aromatic rings. The van der Waals surface area contributed by atoms with E-state index in [1.54, 1.807) is 12.1 Å². The normalized spacial score (nSPS) is 12.2. The number of fused-ring (bicyclic) bond motifs is 1. The van der Waals surface area contributed by atoms with E-state index in [1.165, 1.54) is 12.1 Å². The number of halogens is 1. The van der Waals surface area contributed by atoms with Crippen LogP contribution < -0.4 is 14.2 Å². The Hall–Kier alpha value is -3.28. The molecule has 0 spiro atoms. The SMILES string of the molecule is Cc1cc(C(=O)COc2ccccc2F)c(C)n1Cc1ccc2c(c1)OCO2. The van der Waals surface area contributed by atoms with Crippen LogP contribution in [0.5, 0.6) is 17.2 Å². The molecule has 28 heavy (non-hydrogen) atoms. The molecule has 2 heterocycles. The van der Waals surface area contributed by atoms with Gasteiger partial charge >= 0.3 is 0 Å². The first-order valence-corrected chi connectivity index (χ1v) is 8.98. The molecule has 0 unspecified atom stereocenters. The lowest BCUT2D eigenvalue weighted by molar-refractivity contribution is 0.0918. The van der Waals surface area contributed by atoms with E-state index in [4.69, 9.17) is 14.2 Å². The molecule has 0 aliphatic carbocycles. The van der Waals surface area contributed by atoms with Crippen LogP contribution in [0.3, 0.4) is 0 Å². The molecule has 0 fully saturated rings. The van der Waals surface area contributed by atoms with Gasteiger partial charge in [-0.2, -0.15) is 0 Å². The quantitative estimate of drug-likeness (QED) is 0.598. The summed E-state index contributed by atoms with van der Waals surface area (Å²) < 4.78 is 31.9. The standard InChI is InChI=1S/C22H20FNO4/c1-14-9-17(19(25)12-26-20-6-4-3-5-18(20)23)15(2)24(14)11-16-7-8-21-22(10-16)28-13-27-21/h3-10H,11-13H2,1-2H3. The van der Waals surface area contributed by atoms with Crippen molar-refractivity contribution >= 4 is 5.78 Å². The number of ketones is 1. The van der Waals surface area contributed by atoms with Crippen LogP contribution >= 0.6 is 0 Å². The molecule has 0 amide bonds. The van der Waals surface area contributed by atoms with Crippen LogP contribution in [0.2, 0.25) is 0 Å². The highest BCUT2D eigenvalue weighted by Crippen LogP contribution is 2.33. The zero-order valence-electron chi connectivity index (χ0n) is 15.7. The lowest BCUT2D eigenvalue weighted by Crippen LogP contribution is -2.13. The number of carbonyl (C=O) groups excluding carboxylic acids is 1. The van der Waals surface area contributed by atoms with Crippen molar-refractivity contribution in [1.29, 1.82) is 0 Å². The van der Waals surface area contributed by atoms with Crippen LogP contribution in [0, 0.1) is 19.7 Å². The van der Waals surface area contributed by atoms with Gasteiger partial charge < -0.3 is 18.8 Å². The van der Waals surface area contributed by atoms with Crippen LogP contribution in [0.1, 0.15) is 27.3 Å². The zero-order chi connectivity index (χ0) is 19.7. The fraction of sp³-hybridized carbons (Fsp3) is 0.227. The lowest BCUT2D eigenvalue weighted by atomic mass is 10.1. The Morgan fingerprint density at radius 2 is 1.89 bits per heavy atom. The van der Waals surface area contributed by atoms with Crippen molar-refractivity contribution in [1.82, 2.24) is 4.57 Å². The number of para-hydroxylation sites is 1. The van der Waals surface area contributed by atoms with Gasteiger partial charge in [0.1, 0.15) is 0 Å². The van der Waals surface area contributed by atoms with Gasteiger partial charge in [-0.25, -0.2) is 4.39 Å². The molecule has 1 aliphatic rings. The molecule has 0 N–H and O–H groups in total. The van der Waals surface area contributed by atoms with Gasteiger partial charge in [0, 0.05) is 23.5 Å². The average molecular weight is 381 g/mol. The molecule has 144 valence electrons. The van der Waals surface area contributed by atoms with Gasteiger partial charge in [0.05, 0.1) is 0 Å². The van der Waals surface area contributed by atoms with Gasteiger partial charge in [0.15, 0.2) is 29.7 Å². The molecule has 0 saturated carbocycles. The number of nitrogens with zero attached hydrogens (tertiary/aromatic N) is 1. The van der Waals surface area contributed by atoms with E-state index >= 15 is 0 Å². The van der Waals surface area contributed by atoms with E-state index in [1.807, 2.05) is 38.1 Å². The second kappa shape index (κ2) is 7.38. The number of benzene rings is 2. The minimum absolute atomic E-state index is 0.0741. The van der Waals surface area contributed by atoms with E-state index in [2.05, 4.69) is 4.57 Å². The van der Waals surface area contributed by atoms with Crippen molar-refractivity contribution < 1.29 is 23.4 Å². The molecule has 2 aromatic carbocycles. The van der Waals surface area contributed by atoms with Crippen molar-refractivity contribution in [2.75, 3.05) is 13.4 Å². The molecule has 1 aliphatic heterocycles. The Balaban J connectivity index is 1.50. The first-order chi connectivity index (χ1) is 13.5. The number of aromatic nitrogens is 1. The van der Waals surface area contributed by atoms with Gasteiger partial charge in [0.25, 0.3) is 0 Å². The fourth-order valence-electron chi connectivity index (χ4n) is 3.33. The maximum Gasteiger partial charge on any atom is 0.231 e. The van der Waals surface area contributed by atoms with Gasteiger partial charge in [0.2, 0.25) is 12.6 Å². The smallest absolute Gasteiger partial charge is 0.231 e. The van der Waals surface area contributed by atoms with E-state index in [9.17, 15) is 9.18 Å². The molecular formula is C22H20FNO4. The number of rotatable bonds is 6. The summed E-state index contributed by atoms with van der Waals surface area (Å²) in [6.07, 6.45) is 0. The predicted molar refractivity (Wildman–Crippen MR) is 102 cm³/mol. The van der Waals surface area contributed by atoms with E-state index < -0.39 is 5.82 Å². The molecule has 0 saturated heterocycles. The minimum Gasteiger partial charge on any atom is -0.482 e. The molecular weight excluding hydrogens is 361 g/mol. The maximum absolute atomic E-state index is 13.7. The maximum atomic E-state index is 13.7. The number of hydrogen-bond donors (Lipinski definition) is 0. The summed E-state index contributed by atoms with van der Waals surface area (Å²) >= 11 is 0. The molecule has 0 atom stereocenters. The first kappa shape index (κ1) is 18.1. The van der Waals surface area contributed by atoms with Gasteiger partial charge in [-0.05, 0) is 49.7 Å². The van der Waals surface area contributed by atoms with Crippen LogP contribution in [-0.2, 0) is 6.54 Å². The van der Waals surface area contributed by atoms with Gasteiger partial charge in [-0.3, -0.25) is 4.79 Å². The Kier molecular flexibility index (Phi) is 4.77. The molecule has 5 nitrogen and oxygen atoms in total. The average Bonchev–Trinajstić information content (AvgIpc) is 3.26. The third-order valence-corrected chi connectivity index (χ3v) is 4.85. The van der Waals surface area contributed by atoms with Crippen LogP contribution in [-0.4, -0.2) is 23.8 Å². The first-order valence-electron chi connectivity index (χ1n) is 8.98. The monoisotopic (exact) mass is 381 g/mol. The second-order valence-corrected chi connectivity index (χ2v) is 6.70. The second-order valence-electron chi connectivity index (χ2n) is 6.70. The van der Waals surface area contributed by atoms with Crippen molar-refractivity contribution in [3.8, 4) is 17.2 Å². The number of hydrogen-bond acceptors (Lipinski definition) is 4. The van der Waals surface area contributed by atoms with Gasteiger partial charge in [-0.1, -0.05) is 18.2 Å². The Bertz CT molecular complexity index is 1040. The van der Waals surface area contributed by atoms with Crippen LogP contribution in [0.25, 0.3) is 0 Å². The summed E-state index contributed by atoms with van der Waals surface area (Å²) in [5.41, 5.74) is 3.43. The van der Waals surface area contributed by atoms with E-state index in [0.717, 1.165) is 28.5 Å². The summed E-state index contributed by atoms with van der Waals surface area (Å²) in [4.78, 5) is 12.6.